The van der Waals surface area contributed by atoms with Crippen LogP contribution in [0.4, 0.5) is 14.5 Å². The highest BCUT2D eigenvalue weighted by Gasteiger charge is 2.28. The van der Waals surface area contributed by atoms with Crippen LogP contribution in [0.2, 0.25) is 0 Å². The zero-order chi connectivity index (χ0) is 19.0. The number of rotatable bonds is 3. The first kappa shape index (κ1) is 17.3. The molecule has 2 heterocycles. The number of hydrogen-bond acceptors (Lipinski definition) is 4. The molecule has 1 amide bonds. The van der Waals surface area contributed by atoms with Crippen molar-refractivity contribution < 1.29 is 18.3 Å². The molecule has 8 heteroatoms. The second-order valence-electron chi connectivity index (χ2n) is 6.36. The fourth-order valence-corrected chi connectivity index (χ4v) is 2.98. The topological polar surface area (TPSA) is 69.0 Å². The van der Waals surface area contributed by atoms with Crippen LogP contribution in [0.25, 0.3) is 0 Å². The van der Waals surface area contributed by atoms with Crippen LogP contribution < -0.4 is 5.32 Å². The van der Waals surface area contributed by atoms with Gasteiger partial charge in [0, 0.05) is 0 Å². The molecule has 0 aliphatic carbocycles. The molecule has 6 nitrogen and oxygen atoms in total. The average molecular weight is 370 g/mol. The number of carbonyl (C=O) groups is 1. The van der Waals surface area contributed by atoms with Crippen LogP contribution in [-0.2, 0) is 17.9 Å². The summed E-state index contributed by atoms with van der Waals surface area (Å²) >= 11 is 0. The van der Waals surface area contributed by atoms with Crippen molar-refractivity contribution in [3.8, 4) is 0 Å². The number of aryl methyl sites for hydroxylation is 1. The van der Waals surface area contributed by atoms with Crippen LogP contribution in [0.1, 0.15) is 33.4 Å². The van der Waals surface area contributed by atoms with Gasteiger partial charge in [0.15, 0.2) is 5.69 Å². The molecular weight excluding hydrogens is 354 g/mol. The Bertz CT molecular complexity index is 1000. The third-order valence-electron chi connectivity index (χ3n) is 4.42. The van der Waals surface area contributed by atoms with Crippen molar-refractivity contribution in [2.45, 2.75) is 26.2 Å². The van der Waals surface area contributed by atoms with E-state index in [1.165, 1.54) is 18.2 Å². The highest BCUT2D eigenvalue weighted by atomic mass is 19.1. The smallest absolute Gasteiger partial charge is 0.278 e. The SMILES string of the molecule is Cc1ccc(F)c(NC(=O)c2nnn3c2COC(c2ccc(F)cc2)C3)c1. The predicted octanol–water partition coefficient (Wildman–Crippen LogP) is 3.39. The van der Waals surface area contributed by atoms with Gasteiger partial charge in [0.25, 0.3) is 5.91 Å². The van der Waals surface area contributed by atoms with Crippen LogP contribution in [0.3, 0.4) is 0 Å². The minimum absolute atomic E-state index is 0.0858. The zero-order valence-corrected chi connectivity index (χ0v) is 14.4. The molecule has 138 valence electrons. The quantitative estimate of drug-likeness (QED) is 0.767. The van der Waals surface area contributed by atoms with Crippen molar-refractivity contribution >= 4 is 11.6 Å². The lowest BCUT2D eigenvalue weighted by molar-refractivity contribution is -0.00174. The highest BCUT2D eigenvalue weighted by Crippen LogP contribution is 2.27. The Labute approximate surface area is 153 Å². The molecule has 3 aromatic rings. The summed E-state index contributed by atoms with van der Waals surface area (Å²) in [6, 6.07) is 10.5. The van der Waals surface area contributed by atoms with E-state index in [-0.39, 0.29) is 29.9 Å². The first-order chi connectivity index (χ1) is 13.0. The summed E-state index contributed by atoms with van der Waals surface area (Å²) in [5.74, 6) is -1.40. The van der Waals surface area contributed by atoms with E-state index in [2.05, 4.69) is 15.6 Å². The van der Waals surface area contributed by atoms with Crippen molar-refractivity contribution in [2.24, 2.45) is 0 Å². The number of ether oxygens (including phenoxy) is 1. The molecule has 27 heavy (non-hydrogen) atoms. The van der Waals surface area contributed by atoms with Crippen molar-refractivity contribution in [2.75, 3.05) is 5.32 Å². The minimum atomic E-state index is -0.551. The summed E-state index contributed by atoms with van der Waals surface area (Å²) in [5.41, 5.74) is 2.32. The molecule has 0 fully saturated rings. The predicted molar refractivity (Wildman–Crippen MR) is 93.0 cm³/mol. The number of carbonyl (C=O) groups excluding carboxylic acids is 1. The van der Waals surface area contributed by atoms with E-state index in [0.29, 0.717) is 12.2 Å². The lowest BCUT2D eigenvalue weighted by atomic mass is 10.1. The minimum Gasteiger partial charge on any atom is -0.365 e. The maximum atomic E-state index is 13.9. The van der Waals surface area contributed by atoms with Gasteiger partial charge in [0.2, 0.25) is 0 Å². The van der Waals surface area contributed by atoms with Crippen molar-refractivity contribution in [3.63, 3.8) is 0 Å². The number of amides is 1. The second kappa shape index (κ2) is 6.88. The molecular formula is C19H16F2N4O2. The molecule has 0 saturated carbocycles. The van der Waals surface area contributed by atoms with E-state index in [4.69, 9.17) is 4.74 Å². The van der Waals surface area contributed by atoms with Crippen LogP contribution in [0.15, 0.2) is 42.5 Å². The van der Waals surface area contributed by atoms with Crippen LogP contribution in [-0.4, -0.2) is 20.9 Å². The molecule has 1 N–H and O–H groups in total. The van der Waals surface area contributed by atoms with Crippen molar-refractivity contribution in [1.29, 1.82) is 0 Å². The second-order valence-corrected chi connectivity index (χ2v) is 6.36. The highest BCUT2D eigenvalue weighted by molar-refractivity contribution is 6.03. The van der Waals surface area contributed by atoms with Gasteiger partial charge in [-0.3, -0.25) is 4.79 Å². The van der Waals surface area contributed by atoms with E-state index in [9.17, 15) is 13.6 Å². The Morgan fingerprint density at radius 3 is 2.78 bits per heavy atom. The van der Waals surface area contributed by atoms with Crippen molar-refractivity contribution in [1.82, 2.24) is 15.0 Å². The largest absolute Gasteiger partial charge is 0.365 e. The standard InChI is InChI=1S/C19H16F2N4O2/c1-11-2-7-14(21)15(8-11)22-19(26)18-16-10-27-17(9-25(16)24-23-18)12-3-5-13(20)6-4-12/h2-8,17H,9-10H2,1H3,(H,22,26). The summed E-state index contributed by atoms with van der Waals surface area (Å²) in [7, 11) is 0. The Morgan fingerprint density at radius 1 is 1.22 bits per heavy atom. The van der Waals surface area contributed by atoms with Crippen LogP contribution >= 0.6 is 0 Å². The van der Waals surface area contributed by atoms with Gasteiger partial charge in [-0.2, -0.15) is 0 Å². The first-order valence-corrected chi connectivity index (χ1v) is 8.38. The Morgan fingerprint density at radius 2 is 2.00 bits per heavy atom. The van der Waals surface area contributed by atoms with E-state index in [1.807, 2.05) is 0 Å². The number of fused-ring (bicyclic) bond motifs is 1. The molecule has 1 aliphatic heterocycles. The molecule has 1 aliphatic rings. The third kappa shape index (κ3) is 3.43. The lowest BCUT2D eigenvalue weighted by Gasteiger charge is -2.24. The third-order valence-corrected chi connectivity index (χ3v) is 4.42. The molecule has 1 atom stereocenters. The van der Waals surface area contributed by atoms with Crippen LogP contribution in [0.5, 0.6) is 0 Å². The van der Waals surface area contributed by atoms with Gasteiger partial charge in [-0.05, 0) is 42.3 Å². The van der Waals surface area contributed by atoms with Gasteiger partial charge in [0.05, 0.1) is 24.5 Å². The number of aromatic nitrogens is 3. The van der Waals surface area contributed by atoms with Crippen LogP contribution in [0, 0.1) is 18.6 Å². The Kier molecular flexibility index (Phi) is 4.41. The molecule has 0 bridgehead atoms. The van der Waals surface area contributed by atoms with E-state index in [0.717, 1.165) is 11.1 Å². The van der Waals surface area contributed by atoms with Gasteiger partial charge in [0.1, 0.15) is 17.7 Å². The Balaban J connectivity index is 1.53. The monoisotopic (exact) mass is 370 g/mol. The van der Waals surface area contributed by atoms with Crippen molar-refractivity contribution in [3.05, 3.63) is 76.6 Å². The van der Waals surface area contributed by atoms with Gasteiger partial charge >= 0.3 is 0 Å². The number of anilines is 1. The van der Waals surface area contributed by atoms with Gasteiger partial charge in [-0.25, -0.2) is 13.5 Å². The molecule has 0 radical (unpaired) electrons. The summed E-state index contributed by atoms with van der Waals surface area (Å²) in [4.78, 5) is 12.5. The summed E-state index contributed by atoms with van der Waals surface area (Å²) in [5, 5.41) is 10.5. The number of halogens is 2. The number of hydrogen-bond donors (Lipinski definition) is 1. The molecule has 0 saturated heterocycles. The summed E-state index contributed by atoms with van der Waals surface area (Å²) < 4.78 is 34.3. The van der Waals surface area contributed by atoms with Gasteiger partial charge in [-0.1, -0.05) is 23.4 Å². The molecule has 1 aromatic heterocycles. The molecule has 1 unspecified atom stereocenters. The van der Waals surface area contributed by atoms with E-state index >= 15 is 0 Å². The first-order valence-electron chi connectivity index (χ1n) is 8.38. The maximum Gasteiger partial charge on any atom is 0.278 e. The number of benzene rings is 2. The maximum absolute atomic E-state index is 13.9. The summed E-state index contributed by atoms with van der Waals surface area (Å²) in [6.07, 6.45) is -0.315. The molecule has 0 spiro atoms. The fraction of sp³-hybridized carbons (Fsp3) is 0.211. The average Bonchev–Trinajstić information content (AvgIpc) is 3.08. The lowest BCUT2D eigenvalue weighted by Crippen LogP contribution is -2.24. The normalized spacial score (nSPS) is 16.0. The fourth-order valence-electron chi connectivity index (χ4n) is 2.98. The summed E-state index contributed by atoms with van der Waals surface area (Å²) in [6.45, 7) is 2.27. The zero-order valence-electron chi connectivity index (χ0n) is 14.4. The van der Waals surface area contributed by atoms with Gasteiger partial charge < -0.3 is 10.1 Å². The van der Waals surface area contributed by atoms with E-state index < -0.39 is 11.7 Å². The van der Waals surface area contributed by atoms with E-state index in [1.54, 1.807) is 35.9 Å². The Hall–Kier alpha value is -3.13. The molecule has 2 aromatic carbocycles. The number of nitrogens with zero attached hydrogens (tertiary/aromatic N) is 3. The van der Waals surface area contributed by atoms with Gasteiger partial charge in [-0.15, -0.1) is 5.10 Å². The number of nitrogens with one attached hydrogen (secondary N) is 1. The molecule has 4 rings (SSSR count).